The molecule has 0 bridgehead atoms. The Labute approximate surface area is 173 Å². The Hall–Kier alpha value is -2.95. The van der Waals surface area contributed by atoms with E-state index >= 15 is 0 Å². The number of nitrogens with one attached hydrogen (secondary N) is 1. The number of hydrogen-bond acceptors (Lipinski definition) is 6. The molecular formula is C19H18F3N5O2S. The molecular weight excluding hydrogens is 419 g/mol. The summed E-state index contributed by atoms with van der Waals surface area (Å²) in [7, 11) is 0. The minimum Gasteiger partial charge on any atom is -0.350 e. The third-order valence-electron chi connectivity index (χ3n) is 4.94. The van der Waals surface area contributed by atoms with Crippen molar-refractivity contribution in [2.75, 3.05) is 11.4 Å². The van der Waals surface area contributed by atoms with Gasteiger partial charge in [0.1, 0.15) is 17.7 Å². The van der Waals surface area contributed by atoms with Gasteiger partial charge in [0.25, 0.3) is 0 Å². The molecule has 158 valence electrons. The minimum atomic E-state index is -0.926. The number of nitrogens with zero attached hydrogens (tertiary/aromatic N) is 4. The Bertz CT molecular complexity index is 1160. The molecule has 0 radical (unpaired) electrons. The zero-order valence-corrected chi connectivity index (χ0v) is 16.8. The fourth-order valence-electron chi connectivity index (χ4n) is 3.50. The smallest absolute Gasteiger partial charge is 0.311 e. The van der Waals surface area contributed by atoms with Crippen molar-refractivity contribution in [2.45, 2.75) is 38.8 Å². The number of carbonyl (C=O) groups is 1. The number of fused-ring (bicyclic) bond motifs is 1. The number of rotatable bonds is 5. The van der Waals surface area contributed by atoms with Gasteiger partial charge in [0.15, 0.2) is 0 Å². The minimum absolute atomic E-state index is 0.0240. The molecule has 0 unspecified atom stereocenters. The summed E-state index contributed by atoms with van der Waals surface area (Å²) in [4.78, 5) is 31.1. The number of halogens is 3. The van der Waals surface area contributed by atoms with Crippen molar-refractivity contribution in [2.24, 2.45) is 0 Å². The van der Waals surface area contributed by atoms with Gasteiger partial charge in [-0.3, -0.25) is 9.59 Å². The van der Waals surface area contributed by atoms with Crippen molar-refractivity contribution < 1.29 is 18.0 Å². The predicted molar refractivity (Wildman–Crippen MR) is 105 cm³/mol. The van der Waals surface area contributed by atoms with E-state index in [2.05, 4.69) is 15.4 Å². The number of amides is 1. The van der Waals surface area contributed by atoms with Gasteiger partial charge in [0.05, 0.1) is 5.69 Å². The Morgan fingerprint density at radius 3 is 2.70 bits per heavy atom. The first-order valence-corrected chi connectivity index (χ1v) is 10.3. The van der Waals surface area contributed by atoms with E-state index in [0.29, 0.717) is 23.7 Å². The summed E-state index contributed by atoms with van der Waals surface area (Å²) < 4.78 is 41.6. The lowest BCUT2D eigenvalue weighted by Gasteiger charge is -2.22. The second kappa shape index (κ2) is 8.05. The van der Waals surface area contributed by atoms with Crippen molar-refractivity contribution in [1.29, 1.82) is 0 Å². The average Bonchev–Trinajstić information content (AvgIpc) is 3.35. The van der Waals surface area contributed by atoms with E-state index in [1.54, 1.807) is 11.8 Å². The molecule has 1 aromatic carbocycles. The molecule has 3 heterocycles. The molecule has 4 rings (SSSR count). The zero-order chi connectivity index (χ0) is 21.4. The Morgan fingerprint density at radius 1 is 1.27 bits per heavy atom. The number of aryl methyl sites for hydroxylation is 1. The molecule has 1 atom stereocenters. The summed E-state index contributed by atoms with van der Waals surface area (Å²) >= 11 is 1.11. The van der Waals surface area contributed by atoms with Crippen molar-refractivity contribution in [3.63, 3.8) is 0 Å². The first-order chi connectivity index (χ1) is 14.4. The van der Waals surface area contributed by atoms with Gasteiger partial charge in [-0.05, 0) is 37.0 Å². The van der Waals surface area contributed by atoms with Crippen LogP contribution in [-0.2, 0) is 17.8 Å². The van der Waals surface area contributed by atoms with Crippen molar-refractivity contribution in [1.82, 2.24) is 19.9 Å². The highest BCUT2D eigenvalue weighted by Gasteiger charge is 2.33. The van der Waals surface area contributed by atoms with Gasteiger partial charge in [0, 0.05) is 19.2 Å². The molecule has 2 aromatic heterocycles. The fraction of sp³-hybridized carbons (Fsp3) is 0.368. The van der Waals surface area contributed by atoms with Crippen LogP contribution in [0.3, 0.4) is 0 Å². The summed E-state index contributed by atoms with van der Waals surface area (Å²) in [5.74, 6) is -2.68. The lowest BCUT2D eigenvalue weighted by molar-refractivity contribution is -0.122. The molecule has 11 heteroatoms. The van der Waals surface area contributed by atoms with Crippen molar-refractivity contribution in [3.05, 3.63) is 57.3 Å². The second-order valence-electron chi connectivity index (χ2n) is 6.96. The van der Waals surface area contributed by atoms with Crippen molar-refractivity contribution >= 4 is 27.3 Å². The summed E-state index contributed by atoms with van der Waals surface area (Å²) in [5.41, 5.74) is -0.482. The second-order valence-corrected chi connectivity index (χ2v) is 7.89. The highest BCUT2D eigenvalue weighted by Crippen LogP contribution is 2.29. The first-order valence-electron chi connectivity index (χ1n) is 9.45. The quantitative estimate of drug-likeness (QED) is 0.663. The SMILES string of the molecule is CCc1nc2sc(N3CCC[C@@H]3C(=O)NCc3cc(F)cc(F)c3)nn2c(=O)c1F. The maximum absolute atomic E-state index is 14.1. The van der Waals surface area contributed by atoms with Crippen LogP contribution >= 0.6 is 11.3 Å². The Morgan fingerprint density at radius 2 is 2.00 bits per heavy atom. The van der Waals surface area contributed by atoms with E-state index in [4.69, 9.17) is 0 Å². The van der Waals surface area contributed by atoms with Crippen LogP contribution in [0.1, 0.15) is 31.0 Å². The monoisotopic (exact) mass is 437 g/mol. The van der Waals surface area contributed by atoms with E-state index in [-0.39, 0.29) is 29.5 Å². The Balaban J connectivity index is 1.55. The van der Waals surface area contributed by atoms with Crippen LogP contribution in [0.15, 0.2) is 23.0 Å². The number of carbonyl (C=O) groups excluding carboxylic acids is 1. The normalized spacial score (nSPS) is 16.4. The van der Waals surface area contributed by atoms with Crippen LogP contribution in [0, 0.1) is 17.5 Å². The van der Waals surface area contributed by atoms with Gasteiger partial charge >= 0.3 is 5.56 Å². The number of hydrogen-bond donors (Lipinski definition) is 1. The van der Waals surface area contributed by atoms with Crippen LogP contribution in [-0.4, -0.2) is 33.1 Å². The summed E-state index contributed by atoms with van der Waals surface area (Å²) in [5, 5.41) is 7.25. The van der Waals surface area contributed by atoms with Crippen LogP contribution < -0.4 is 15.8 Å². The lowest BCUT2D eigenvalue weighted by atomic mass is 10.2. The topological polar surface area (TPSA) is 79.6 Å². The van der Waals surface area contributed by atoms with Gasteiger partial charge in [-0.25, -0.2) is 13.8 Å². The van der Waals surface area contributed by atoms with E-state index in [9.17, 15) is 22.8 Å². The van der Waals surface area contributed by atoms with Crippen molar-refractivity contribution in [3.8, 4) is 0 Å². The van der Waals surface area contributed by atoms with E-state index in [0.717, 1.165) is 40.5 Å². The highest BCUT2D eigenvalue weighted by atomic mass is 32.1. The largest absolute Gasteiger partial charge is 0.350 e. The molecule has 1 amide bonds. The summed E-state index contributed by atoms with van der Waals surface area (Å²) in [6.45, 7) is 2.21. The van der Waals surface area contributed by atoms with Crippen LogP contribution in [0.2, 0.25) is 0 Å². The molecule has 0 aliphatic carbocycles. The van der Waals surface area contributed by atoms with Gasteiger partial charge in [-0.1, -0.05) is 18.3 Å². The van der Waals surface area contributed by atoms with Gasteiger partial charge in [-0.2, -0.15) is 8.91 Å². The van der Waals surface area contributed by atoms with Crippen LogP contribution in [0.5, 0.6) is 0 Å². The van der Waals surface area contributed by atoms with Gasteiger partial charge in [-0.15, -0.1) is 5.10 Å². The molecule has 30 heavy (non-hydrogen) atoms. The number of aromatic nitrogens is 3. The molecule has 1 saturated heterocycles. The Kier molecular flexibility index (Phi) is 5.46. The maximum Gasteiger partial charge on any atom is 0.311 e. The summed E-state index contributed by atoms with van der Waals surface area (Å²) in [6.07, 6.45) is 1.55. The van der Waals surface area contributed by atoms with Gasteiger partial charge in [0.2, 0.25) is 21.8 Å². The summed E-state index contributed by atoms with van der Waals surface area (Å²) in [6, 6.07) is 2.51. The molecule has 1 aliphatic heterocycles. The molecule has 1 N–H and O–H groups in total. The molecule has 3 aromatic rings. The molecule has 1 aliphatic rings. The zero-order valence-electron chi connectivity index (χ0n) is 16.0. The standard InChI is InChI=1S/C19H18F3N5O2S/c1-2-13-15(22)17(29)27-18(24-13)30-19(25-27)26-5-3-4-14(26)16(28)23-9-10-6-11(20)8-12(21)7-10/h6-8,14H,2-5,9H2,1H3,(H,23,28)/t14-/m1/s1. The molecule has 0 spiro atoms. The fourth-order valence-corrected chi connectivity index (χ4v) is 4.48. The number of anilines is 1. The van der Waals surface area contributed by atoms with Crippen LogP contribution in [0.25, 0.3) is 4.96 Å². The van der Waals surface area contributed by atoms with Gasteiger partial charge < -0.3 is 10.2 Å². The third-order valence-corrected chi connectivity index (χ3v) is 5.88. The molecule has 1 fully saturated rings. The third kappa shape index (κ3) is 3.76. The first kappa shape index (κ1) is 20.3. The van der Waals surface area contributed by atoms with E-state index < -0.39 is 29.1 Å². The highest BCUT2D eigenvalue weighted by molar-refractivity contribution is 7.20. The molecule has 0 saturated carbocycles. The average molecular weight is 437 g/mol. The molecule has 7 nitrogen and oxygen atoms in total. The predicted octanol–water partition coefficient (Wildman–Crippen LogP) is 2.42. The van der Waals surface area contributed by atoms with E-state index in [1.807, 2.05) is 0 Å². The lowest BCUT2D eigenvalue weighted by Crippen LogP contribution is -2.43. The maximum atomic E-state index is 14.1. The number of benzene rings is 1. The van der Waals surface area contributed by atoms with Crippen LogP contribution in [0.4, 0.5) is 18.3 Å². The van der Waals surface area contributed by atoms with E-state index in [1.165, 1.54) is 0 Å².